The molecule has 1 rings (SSSR count). The molecular weight excluding hydrogens is 154 g/mol. The van der Waals surface area contributed by atoms with Crippen molar-refractivity contribution in [2.45, 2.75) is 6.92 Å². The summed E-state index contributed by atoms with van der Waals surface area (Å²) in [7, 11) is 1.58. The largest absolute Gasteiger partial charge is 0.312 e. The summed E-state index contributed by atoms with van der Waals surface area (Å²) in [6, 6.07) is 6.45. The number of carbonyl (C=O) groups excluding carboxylic acids is 1. The lowest BCUT2D eigenvalue weighted by Crippen LogP contribution is -2.22. The number of amides is 1. The Labute approximate surface area is 71.2 Å². The summed E-state index contributed by atoms with van der Waals surface area (Å²) < 4.78 is 0. The molecule has 0 heterocycles. The van der Waals surface area contributed by atoms with E-state index in [9.17, 15) is 9.90 Å². The molecule has 0 unspecified atom stereocenters. The van der Waals surface area contributed by atoms with Crippen molar-refractivity contribution in [3.05, 3.63) is 24.3 Å². The summed E-state index contributed by atoms with van der Waals surface area (Å²) in [5, 5.41) is 11.2. The highest BCUT2D eigenvalue weighted by atomic mass is 16.3. The van der Waals surface area contributed by atoms with Crippen molar-refractivity contribution < 1.29 is 9.90 Å². The first kappa shape index (κ1) is 8.59. The highest BCUT2D eigenvalue weighted by Crippen LogP contribution is 2.25. The van der Waals surface area contributed by atoms with Gasteiger partial charge < -0.3 is 4.90 Å². The predicted molar refractivity (Wildman–Crippen MR) is 45.7 cm³/mol. The Balaban J connectivity index is 3.02. The molecule has 0 aliphatic carbocycles. The van der Waals surface area contributed by atoms with Gasteiger partial charge in [0.25, 0.3) is 0 Å². The minimum absolute atomic E-state index is 0.129. The van der Waals surface area contributed by atoms with Gasteiger partial charge in [-0.3, -0.25) is 9.90 Å². The second-order valence-electron chi connectivity index (χ2n) is 2.55. The van der Waals surface area contributed by atoms with Gasteiger partial charge in [-0.2, -0.15) is 0 Å². The van der Waals surface area contributed by atoms with Crippen LogP contribution in [0.3, 0.4) is 0 Å². The predicted octanol–water partition coefficient (Wildman–Crippen LogP) is 1.81. The smallest absolute Gasteiger partial charge is 0.223 e. The summed E-state index contributed by atoms with van der Waals surface area (Å²) >= 11 is 0. The number of benzene rings is 1. The first-order valence-electron chi connectivity index (χ1n) is 3.63. The summed E-state index contributed by atoms with van der Waals surface area (Å²) in [5.41, 5.74) is 0.421. The van der Waals surface area contributed by atoms with Crippen LogP contribution in [-0.2, 0) is 9.90 Å². The van der Waals surface area contributed by atoms with Crippen molar-refractivity contribution in [2.75, 3.05) is 11.9 Å². The monoisotopic (exact) mass is 164 g/mol. The van der Waals surface area contributed by atoms with E-state index in [1.54, 1.807) is 25.2 Å². The average Bonchev–Trinajstić information content (AvgIpc) is 2.04. The molecule has 0 bridgehead atoms. The zero-order valence-corrected chi connectivity index (χ0v) is 7.07. The maximum atomic E-state index is 11.2. The number of anilines is 1. The van der Waals surface area contributed by atoms with Crippen molar-refractivity contribution in [1.29, 1.82) is 0 Å². The van der Waals surface area contributed by atoms with Gasteiger partial charge in [0.05, 0.1) is 5.69 Å². The molecule has 3 nitrogen and oxygen atoms in total. The van der Waals surface area contributed by atoms with Gasteiger partial charge in [0, 0.05) is 14.0 Å². The van der Waals surface area contributed by atoms with E-state index in [0.29, 0.717) is 5.69 Å². The van der Waals surface area contributed by atoms with Crippen molar-refractivity contribution >= 4 is 11.6 Å². The first-order valence-corrected chi connectivity index (χ1v) is 3.63. The van der Waals surface area contributed by atoms with Crippen molar-refractivity contribution in [3.63, 3.8) is 0 Å². The Morgan fingerprint density at radius 3 is 2.42 bits per heavy atom. The van der Waals surface area contributed by atoms with Crippen LogP contribution in [0.25, 0.3) is 0 Å². The normalized spacial score (nSPS) is 9.50. The van der Waals surface area contributed by atoms with E-state index in [1.807, 2.05) is 0 Å². The summed E-state index contributed by atoms with van der Waals surface area (Å²) in [6.45, 7) is 1.42. The summed E-state index contributed by atoms with van der Waals surface area (Å²) in [6.07, 6.45) is 0. The number of rotatable bonds is 1. The van der Waals surface area contributed by atoms with Crippen LogP contribution in [0.4, 0.5) is 5.69 Å². The second kappa shape index (κ2) is 3.26. The van der Waals surface area contributed by atoms with Crippen LogP contribution in [0, 0.1) is 0 Å². The molecule has 63 valence electrons. The highest BCUT2D eigenvalue weighted by molar-refractivity contribution is 5.92. The molecule has 1 radical (unpaired) electrons. The summed E-state index contributed by atoms with van der Waals surface area (Å²) in [5.74, 6) is -0.270. The van der Waals surface area contributed by atoms with Crippen molar-refractivity contribution in [2.24, 2.45) is 0 Å². The zero-order chi connectivity index (χ0) is 9.14. The van der Waals surface area contributed by atoms with Crippen LogP contribution in [0.2, 0.25) is 0 Å². The van der Waals surface area contributed by atoms with Gasteiger partial charge in [-0.1, -0.05) is 12.1 Å². The Bertz CT molecular complexity index is 296. The molecule has 0 spiro atoms. The Hall–Kier alpha value is -1.51. The standard InChI is InChI=1S/C9H10NO2/c1-7(11)10(2)8-5-3-4-6-9(8)12/h3-6H,1-2H3. The van der Waals surface area contributed by atoms with Crippen molar-refractivity contribution in [1.82, 2.24) is 0 Å². The Kier molecular flexibility index (Phi) is 2.33. The molecule has 0 aromatic heterocycles. The summed E-state index contributed by atoms with van der Waals surface area (Å²) in [4.78, 5) is 12.2. The van der Waals surface area contributed by atoms with E-state index in [-0.39, 0.29) is 11.7 Å². The molecule has 0 aliphatic rings. The van der Waals surface area contributed by atoms with E-state index in [1.165, 1.54) is 17.9 Å². The molecule has 0 saturated heterocycles. The van der Waals surface area contributed by atoms with Gasteiger partial charge in [0.1, 0.15) is 0 Å². The molecule has 3 heteroatoms. The van der Waals surface area contributed by atoms with Gasteiger partial charge in [0.2, 0.25) is 11.7 Å². The molecule has 0 atom stereocenters. The lowest BCUT2D eigenvalue weighted by molar-refractivity contribution is -0.116. The Morgan fingerprint density at radius 2 is 1.92 bits per heavy atom. The minimum Gasteiger partial charge on any atom is -0.312 e. The van der Waals surface area contributed by atoms with Crippen LogP contribution in [0.5, 0.6) is 5.75 Å². The fourth-order valence-electron chi connectivity index (χ4n) is 0.904. The van der Waals surface area contributed by atoms with E-state index < -0.39 is 0 Å². The average molecular weight is 164 g/mol. The van der Waals surface area contributed by atoms with E-state index in [2.05, 4.69) is 0 Å². The van der Waals surface area contributed by atoms with Crippen LogP contribution in [-0.4, -0.2) is 13.0 Å². The molecule has 1 aromatic rings. The first-order chi connectivity index (χ1) is 5.63. The number of carbonyl (C=O) groups is 1. The molecule has 1 amide bonds. The third-order valence-electron chi connectivity index (χ3n) is 1.70. The van der Waals surface area contributed by atoms with Crippen LogP contribution in [0.15, 0.2) is 24.3 Å². The lowest BCUT2D eigenvalue weighted by Gasteiger charge is -2.14. The van der Waals surface area contributed by atoms with E-state index in [0.717, 1.165) is 0 Å². The highest BCUT2D eigenvalue weighted by Gasteiger charge is 2.09. The van der Waals surface area contributed by atoms with Crippen LogP contribution < -0.4 is 4.90 Å². The van der Waals surface area contributed by atoms with Crippen molar-refractivity contribution in [3.8, 4) is 5.75 Å². The van der Waals surface area contributed by atoms with Crippen LogP contribution >= 0.6 is 0 Å². The molecule has 12 heavy (non-hydrogen) atoms. The maximum Gasteiger partial charge on any atom is 0.223 e. The molecule has 0 N–H and O–H groups in total. The third kappa shape index (κ3) is 1.56. The molecule has 0 fully saturated rings. The molecular formula is C9H10NO2. The number of nitrogens with zero attached hydrogens (tertiary/aromatic N) is 1. The van der Waals surface area contributed by atoms with Gasteiger partial charge in [-0.05, 0) is 12.1 Å². The fraction of sp³-hybridized carbons (Fsp3) is 0.222. The van der Waals surface area contributed by atoms with Gasteiger partial charge in [-0.15, -0.1) is 0 Å². The molecule has 1 aromatic carbocycles. The number of hydrogen-bond acceptors (Lipinski definition) is 1. The number of hydrogen-bond donors (Lipinski definition) is 0. The van der Waals surface area contributed by atoms with Gasteiger partial charge in [-0.25, -0.2) is 0 Å². The lowest BCUT2D eigenvalue weighted by atomic mass is 10.3. The topological polar surface area (TPSA) is 40.2 Å². The SMILES string of the molecule is CC(=O)N(C)c1ccccc1[O]. The van der Waals surface area contributed by atoms with Gasteiger partial charge in [0.15, 0.2) is 0 Å². The van der Waals surface area contributed by atoms with Crippen LogP contribution in [0.1, 0.15) is 6.92 Å². The van der Waals surface area contributed by atoms with E-state index >= 15 is 0 Å². The van der Waals surface area contributed by atoms with E-state index in [4.69, 9.17) is 0 Å². The fourth-order valence-corrected chi connectivity index (χ4v) is 0.904. The third-order valence-corrected chi connectivity index (χ3v) is 1.70. The van der Waals surface area contributed by atoms with Gasteiger partial charge >= 0.3 is 0 Å². The Morgan fingerprint density at radius 1 is 1.33 bits per heavy atom. The minimum atomic E-state index is -0.140. The quantitative estimate of drug-likeness (QED) is 0.624. The zero-order valence-electron chi connectivity index (χ0n) is 7.07. The maximum absolute atomic E-state index is 11.2. The molecule has 0 saturated carbocycles. The second-order valence-corrected chi connectivity index (χ2v) is 2.55. The molecule has 0 aliphatic heterocycles. The number of para-hydroxylation sites is 2.